The molecule has 0 aliphatic rings. The standard InChI is InChI=1S/C41H61N5O7S/c1-10-26(4)22-42-36(48)31(41(8,9)52)21-35(47)32(18-25(2)3)44-38(50)34(20-29-23-54-24-43-29)45-37(49)33(46-39(51)53-40(5,6)7)19-28-16-13-15-27-14-11-12-17-30(27)28/h11-17,23-26,31-35,47,52H,10,18-22H2,1-9H3,(H,42,48)(H,44,50)(H,45,49)(H,46,51)/t26?,31-,32+,33+,34+,35+/m1/s1. The van der Waals surface area contributed by atoms with Crippen molar-refractivity contribution >= 4 is 45.9 Å². The first-order chi connectivity index (χ1) is 25.3. The molecule has 1 unspecified atom stereocenters. The highest BCUT2D eigenvalue weighted by molar-refractivity contribution is 7.07. The van der Waals surface area contributed by atoms with Crippen LogP contribution in [0.2, 0.25) is 0 Å². The molecule has 6 N–H and O–H groups in total. The summed E-state index contributed by atoms with van der Waals surface area (Å²) < 4.78 is 5.51. The molecule has 12 nitrogen and oxygen atoms in total. The topological polar surface area (TPSA) is 179 Å². The Morgan fingerprint density at radius 1 is 0.852 bits per heavy atom. The maximum atomic E-state index is 14.2. The van der Waals surface area contributed by atoms with Gasteiger partial charge in [0.2, 0.25) is 17.7 Å². The molecule has 3 aromatic rings. The van der Waals surface area contributed by atoms with E-state index in [2.05, 4.69) is 26.3 Å². The number of carbonyl (C=O) groups excluding carboxylic acids is 4. The molecule has 0 saturated carbocycles. The van der Waals surface area contributed by atoms with E-state index in [1.807, 2.05) is 70.2 Å². The molecule has 54 heavy (non-hydrogen) atoms. The zero-order chi connectivity index (χ0) is 40.2. The van der Waals surface area contributed by atoms with Crippen molar-refractivity contribution in [2.45, 2.75) is 130 Å². The van der Waals surface area contributed by atoms with Gasteiger partial charge in [-0.25, -0.2) is 9.78 Å². The van der Waals surface area contributed by atoms with Crippen LogP contribution in [-0.4, -0.2) is 81.0 Å². The fourth-order valence-corrected chi connectivity index (χ4v) is 6.72. The van der Waals surface area contributed by atoms with Crippen LogP contribution in [0, 0.1) is 17.8 Å². The minimum atomic E-state index is -1.45. The summed E-state index contributed by atoms with van der Waals surface area (Å²) in [6, 6.07) is 10.4. The summed E-state index contributed by atoms with van der Waals surface area (Å²) in [5.41, 5.74) is 0.761. The highest BCUT2D eigenvalue weighted by Crippen LogP contribution is 2.26. The van der Waals surface area contributed by atoms with Crippen molar-refractivity contribution in [1.82, 2.24) is 26.3 Å². The van der Waals surface area contributed by atoms with Crippen LogP contribution in [0.5, 0.6) is 0 Å². The van der Waals surface area contributed by atoms with Crippen molar-refractivity contribution in [3.05, 3.63) is 64.6 Å². The number of ether oxygens (including phenoxy) is 1. The molecule has 0 bridgehead atoms. The molecule has 0 aliphatic carbocycles. The summed E-state index contributed by atoms with van der Waals surface area (Å²) >= 11 is 1.35. The van der Waals surface area contributed by atoms with Gasteiger partial charge in [-0.05, 0) is 75.6 Å². The molecular formula is C41H61N5O7S. The molecule has 1 heterocycles. The zero-order valence-corrected chi connectivity index (χ0v) is 34.1. The maximum absolute atomic E-state index is 14.2. The van der Waals surface area contributed by atoms with Crippen molar-refractivity contribution in [2.24, 2.45) is 17.8 Å². The van der Waals surface area contributed by atoms with E-state index in [4.69, 9.17) is 4.74 Å². The molecule has 4 amide bonds. The SMILES string of the molecule is CCC(C)CNC(=O)[C@@H](C[C@H](O)[C@H](CC(C)C)NC(=O)[C@H](Cc1cscn1)NC(=O)[C@H](Cc1cccc2ccccc12)NC(=O)OC(C)(C)C)C(C)(C)O. The number of fused-ring (bicyclic) bond motifs is 1. The van der Waals surface area contributed by atoms with E-state index in [9.17, 15) is 29.4 Å². The second kappa shape index (κ2) is 20.0. The van der Waals surface area contributed by atoms with Gasteiger partial charge in [-0.2, -0.15) is 0 Å². The van der Waals surface area contributed by atoms with Gasteiger partial charge in [0.1, 0.15) is 17.7 Å². The third kappa shape index (κ3) is 14.3. The number of benzene rings is 2. The van der Waals surface area contributed by atoms with Gasteiger partial charge in [-0.3, -0.25) is 14.4 Å². The van der Waals surface area contributed by atoms with Gasteiger partial charge < -0.3 is 36.2 Å². The van der Waals surface area contributed by atoms with Gasteiger partial charge in [0.25, 0.3) is 0 Å². The van der Waals surface area contributed by atoms with Crippen molar-refractivity contribution in [1.29, 1.82) is 0 Å². The highest BCUT2D eigenvalue weighted by atomic mass is 32.1. The summed E-state index contributed by atoms with van der Waals surface area (Å²) in [5, 5.41) is 37.7. The first-order valence-electron chi connectivity index (χ1n) is 18.9. The summed E-state index contributed by atoms with van der Waals surface area (Å²) in [6.07, 6.45) is -0.695. The number of alkyl carbamates (subject to hydrolysis) is 1. The summed E-state index contributed by atoms with van der Waals surface area (Å²) in [6.45, 7) is 16.6. The lowest BCUT2D eigenvalue weighted by Gasteiger charge is -2.34. The number of hydrogen-bond donors (Lipinski definition) is 6. The number of carbonyl (C=O) groups is 4. The van der Waals surface area contributed by atoms with Crippen LogP contribution in [0.15, 0.2) is 53.4 Å². The van der Waals surface area contributed by atoms with Gasteiger partial charge in [0, 0.05) is 24.8 Å². The summed E-state index contributed by atoms with van der Waals surface area (Å²) in [4.78, 5) is 59.0. The van der Waals surface area contributed by atoms with Gasteiger partial charge in [-0.15, -0.1) is 11.3 Å². The molecule has 0 radical (unpaired) electrons. The Kier molecular flexibility index (Phi) is 16.4. The number of nitrogens with zero attached hydrogens (tertiary/aromatic N) is 1. The van der Waals surface area contributed by atoms with Gasteiger partial charge >= 0.3 is 6.09 Å². The van der Waals surface area contributed by atoms with Crippen molar-refractivity contribution in [3.8, 4) is 0 Å². The lowest BCUT2D eigenvalue weighted by molar-refractivity contribution is -0.135. The van der Waals surface area contributed by atoms with E-state index in [-0.39, 0.29) is 37.0 Å². The Labute approximate surface area is 324 Å². The third-order valence-corrected chi connectivity index (χ3v) is 9.96. The van der Waals surface area contributed by atoms with Crippen molar-refractivity contribution in [2.75, 3.05) is 6.54 Å². The largest absolute Gasteiger partial charge is 0.444 e. The van der Waals surface area contributed by atoms with Crippen LogP contribution in [0.3, 0.4) is 0 Å². The number of amides is 4. The van der Waals surface area contributed by atoms with Gasteiger partial charge in [0.15, 0.2) is 0 Å². The summed E-state index contributed by atoms with van der Waals surface area (Å²) in [5.74, 6) is -2.22. The van der Waals surface area contributed by atoms with Crippen LogP contribution < -0.4 is 21.3 Å². The number of hydrogen-bond acceptors (Lipinski definition) is 9. The normalized spacial score (nSPS) is 15.4. The van der Waals surface area contributed by atoms with Crippen LogP contribution >= 0.6 is 11.3 Å². The average Bonchev–Trinajstić information content (AvgIpc) is 3.60. The van der Waals surface area contributed by atoms with Crippen LogP contribution in [0.25, 0.3) is 10.8 Å². The molecule has 0 saturated heterocycles. The zero-order valence-electron chi connectivity index (χ0n) is 33.3. The lowest BCUT2D eigenvalue weighted by atomic mass is 9.82. The van der Waals surface area contributed by atoms with E-state index < -0.39 is 59.3 Å². The van der Waals surface area contributed by atoms with Crippen LogP contribution in [0.1, 0.15) is 92.8 Å². The smallest absolute Gasteiger partial charge is 0.408 e. The maximum Gasteiger partial charge on any atom is 0.408 e. The highest BCUT2D eigenvalue weighted by Gasteiger charge is 2.38. The minimum Gasteiger partial charge on any atom is -0.444 e. The van der Waals surface area contributed by atoms with E-state index in [1.54, 1.807) is 31.7 Å². The first kappa shape index (κ1) is 44.3. The van der Waals surface area contributed by atoms with Crippen LogP contribution in [-0.2, 0) is 32.0 Å². The number of aliphatic hydroxyl groups is 2. The van der Waals surface area contributed by atoms with Gasteiger partial charge in [-0.1, -0.05) is 76.6 Å². The molecule has 0 aliphatic heterocycles. The number of aliphatic hydroxyl groups excluding tert-OH is 1. The number of rotatable bonds is 19. The Balaban J connectivity index is 1.90. The molecular weight excluding hydrogens is 707 g/mol. The van der Waals surface area contributed by atoms with Crippen LogP contribution in [0.4, 0.5) is 4.79 Å². The lowest BCUT2D eigenvalue weighted by Crippen LogP contribution is -2.58. The van der Waals surface area contributed by atoms with E-state index in [1.165, 1.54) is 25.2 Å². The molecule has 6 atom stereocenters. The molecule has 0 fully saturated rings. The molecule has 13 heteroatoms. The second-order valence-corrected chi connectivity index (χ2v) is 17.0. The van der Waals surface area contributed by atoms with E-state index >= 15 is 0 Å². The number of aromatic nitrogens is 1. The average molecular weight is 768 g/mol. The quantitative estimate of drug-likeness (QED) is 0.0953. The second-order valence-electron chi connectivity index (χ2n) is 16.3. The van der Waals surface area contributed by atoms with E-state index in [0.717, 1.165) is 22.8 Å². The Morgan fingerprint density at radius 3 is 2.11 bits per heavy atom. The van der Waals surface area contributed by atoms with Crippen molar-refractivity contribution in [3.63, 3.8) is 0 Å². The molecule has 0 spiro atoms. The number of nitrogens with one attached hydrogen (secondary N) is 4. The van der Waals surface area contributed by atoms with E-state index in [0.29, 0.717) is 18.7 Å². The molecule has 298 valence electrons. The fourth-order valence-electron chi connectivity index (χ4n) is 6.15. The van der Waals surface area contributed by atoms with Gasteiger partial charge in [0.05, 0.1) is 34.9 Å². The Hall–Kier alpha value is -4.07. The molecule has 1 aromatic heterocycles. The predicted molar refractivity (Wildman–Crippen MR) is 213 cm³/mol. The first-order valence-corrected chi connectivity index (χ1v) is 19.8. The number of thiazole rings is 1. The predicted octanol–water partition coefficient (Wildman–Crippen LogP) is 5.29. The Bertz CT molecular complexity index is 1660. The molecule has 2 aromatic carbocycles. The minimum absolute atomic E-state index is 0.0412. The molecule has 3 rings (SSSR count). The monoisotopic (exact) mass is 767 g/mol. The third-order valence-electron chi connectivity index (χ3n) is 9.33. The fraction of sp³-hybridized carbons (Fsp3) is 0.585. The Morgan fingerprint density at radius 2 is 1.50 bits per heavy atom. The van der Waals surface area contributed by atoms with Crippen molar-refractivity contribution < 1.29 is 34.1 Å². The summed E-state index contributed by atoms with van der Waals surface area (Å²) in [7, 11) is 0.